The monoisotopic (exact) mass is 285 g/mol. The fraction of sp³-hybridized carbons (Fsp3) is 0.471. The van der Waals surface area contributed by atoms with Crippen molar-refractivity contribution in [2.45, 2.75) is 38.1 Å². The van der Waals surface area contributed by atoms with Crippen molar-refractivity contribution < 1.29 is 4.39 Å². The Kier molecular flexibility index (Phi) is 3.17. The minimum Gasteiger partial charge on any atom is -0.382 e. The summed E-state index contributed by atoms with van der Waals surface area (Å²) in [5.41, 5.74) is 1.44. The number of nitrogens with one attached hydrogen (secondary N) is 1. The van der Waals surface area contributed by atoms with E-state index in [2.05, 4.69) is 10.3 Å². The molecule has 0 radical (unpaired) electrons. The van der Waals surface area contributed by atoms with Crippen molar-refractivity contribution in [2.75, 3.05) is 5.32 Å². The second-order valence-electron chi connectivity index (χ2n) is 6.32. The normalized spacial score (nSPS) is 25.2. The van der Waals surface area contributed by atoms with Crippen LogP contribution in [-0.4, -0.2) is 15.6 Å². The van der Waals surface area contributed by atoms with Crippen molar-refractivity contribution in [1.29, 1.82) is 0 Å². The van der Waals surface area contributed by atoms with Crippen LogP contribution in [0.15, 0.2) is 36.9 Å². The van der Waals surface area contributed by atoms with Crippen LogP contribution >= 0.6 is 0 Å². The summed E-state index contributed by atoms with van der Waals surface area (Å²) < 4.78 is 15.9. The van der Waals surface area contributed by atoms with Gasteiger partial charge in [0.2, 0.25) is 0 Å². The van der Waals surface area contributed by atoms with Crippen LogP contribution in [0.25, 0.3) is 5.69 Å². The van der Waals surface area contributed by atoms with Crippen LogP contribution in [0.2, 0.25) is 0 Å². The molecular weight excluding hydrogens is 265 g/mol. The Balaban J connectivity index is 1.47. The summed E-state index contributed by atoms with van der Waals surface area (Å²) in [6, 6.07) is 5.92. The summed E-state index contributed by atoms with van der Waals surface area (Å²) in [4.78, 5) is 3.96. The summed E-state index contributed by atoms with van der Waals surface area (Å²) in [6.07, 6.45) is 11.7. The third kappa shape index (κ3) is 2.33. The molecule has 3 nitrogen and oxygen atoms in total. The molecule has 0 aliphatic heterocycles. The first kappa shape index (κ1) is 12.9. The number of aromatic nitrogens is 2. The largest absolute Gasteiger partial charge is 0.382 e. The Morgan fingerprint density at radius 2 is 2.10 bits per heavy atom. The molecule has 1 aromatic carbocycles. The van der Waals surface area contributed by atoms with Gasteiger partial charge < -0.3 is 9.88 Å². The first-order chi connectivity index (χ1) is 10.3. The van der Waals surface area contributed by atoms with Crippen molar-refractivity contribution >= 4 is 5.69 Å². The number of hydrogen-bond donors (Lipinski definition) is 1. The van der Waals surface area contributed by atoms with E-state index in [0.717, 1.165) is 17.5 Å². The van der Waals surface area contributed by atoms with Crippen LogP contribution in [0.4, 0.5) is 10.1 Å². The van der Waals surface area contributed by atoms with Gasteiger partial charge in [-0.05, 0) is 42.9 Å². The van der Waals surface area contributed by atoms with Gasteiger partial charge in [-0.3, -0.25) is 0 Å². The van der Waals surface area contributed by atoms with E-state index in [-0.39, 0.29) is 5.82 Å². The molecule has 21 heavy (non-hydrogen) atoms. The predicted molar refractivity (Wildman–Crippen MR) is 81.0 cm³/mol. The highest BCUT2D eigenvalue weighted by molar-refractivity contribution is 5.50. The highest BCUT2D eigenvalue weighted by atomic mass is 19.1. The van der Waals surface area contributed by atoms with Crippen molar-refractivity contribution in [1.82, 2.24) is 9.55 Å². The Morgan fingerprint density at radius 3 is 2.67 bits per heavy atom. The van der Waals surface area contributed by atoms with Gasteiger partial charge in [0.25, 0.3) is 0 Å². The van der Waals surface area contributed by atoms with Crippen molar-refractivity contribution in [3.05, 3.63) is 42.7 Å². The number of nitrogens with zero attached hydrogens (tertiary/aromatic N) is 2. The number of rotatable bonds is 4. The Bertz CT molecular complexity index is 619. The topological polar surface area (TPSA) is 29.9 Å². The predicted octanol–water partition coefficient (Wildman–Crippen LogP) is 4.00. The maximum atomic E-state index is 14.2. The van der Waals surface area contributed by atoms with Gasteiger partial charge in [-0.2, -0.15) is 0 Å². The average molecular weight is 285 g/mol. The Morgan fingerprint density at radius 1 is 1.19 bits per heavy atom. The fourth-order valence-corrected chi connectivity index (χ4v) is 3.56. The minimum absolute atomic E-state index is 0.211. The van der Waals surface area contributed by atoms with Crippen LogP contribution < -0.4 is 5.32 Å². The molecular formula is C17H20FN3. The van der Waals surface area contributed by atoms with Crippen molar-refractivity contribution in [2.24, 2.45) is 11.8 Å². The van der Waals surface area contributed by atoms with Crippen LogP contribution in [0.5, 0.6) is 0 Å². The molecule has 4 heteroatoms. The standard InChI is InChI=1S/C17H20FN3/c18-15-10-13(4-7-17(15)21-9-8-19-11-21)20-16-6-5-14(16)12-2-1-3-12/h4,7-12,14,16,20H,1-3,5-6H2. The lowest BCUT2D eigenvalue weighted by Gasteiger charge is -2.46. The second kappa shape index (κ2) is 5.17. The Labute approximate surface area is 124 Å². The van der Waals surface area contributed by atoms with Gasteiger partial charge in [0, 0.05) is 24.1 Å². The molecule has 4 rings (SSSR count). The smallest absolute Gasteiger partial charge is 0.149 e. The highest BCUT2D eigenvalue weighted by Gasteiger charge is 2.39. The zero-order valence-corrected chi connectivity index (χ0v) is 12.0. The molecule has 0 saturated heterocycles. The molecule has 0 spiro atoms. The van der Waals surface area contributed by atoms with E-state index in [9.17, 15) is 4.39 Å². The van der Waals surface area contributed by atoms with E-state index in [1.807, 2.05) is 12.1 Å². The lowest BCUT2D eigenvalue weighted by Crippen LogP contribution is -2.44. The molecule has 110 valence electrons. The quantitative estimate of drug-likeness (QED) is 0.920. The summed E-state index contributed by atoms with van der Waals surface area (Å²) in [7, 11) is 0. The van der Waals surface area contributed by atoms with Gasteiger partial charge >= 0.3 is 0 Å². The van der Waals surface area contributed by atoms with Gasteiger partial charge in [0.1, 0.15) is 5.82 Å². The molecule has 0 bridgehead atoms. The molecule has 2 unspecified atom stereocenters. The molecule has 2 aromatic rings. The number of benzene rings is 1. The van der Waals surface area contributed by atoms with E-state index in [1.165, 1.54) is 32.1 Å². The minimum atomic E-state index is -0.211. The summed E-state index contributed by atoms with van der Waals surface area (Å²) >= 11 is 0. The Hall–Kier alpha value is -1.84. The zero-order chi connectivity index (χ0) is 14.2. The summed E-state index contributed by atoms with van der Waals surface area (Å²) in [5.74, 6) is 1.50. The van der Waals surface area contributed by atoms with Crippen molar-refractivity contribution in [3.8, 4) is 5.69 Å². The molecule has 2 aliphatic rings. The zero-order valence-electron chi connectivity index (χ0n) is 12.0. The molecule has 2 aliphatic carbocycles. The molecule has 1 heterocycles. The van der Waals surface area contributed by atoms with Gasteiger partial charge in [0.15, 0.2) is 0 Å². The molecule has 2 fully saturated rings. The van der Waals surface area contributed by atoms with E-state index in [4.69, 9.17) is 0 Å². The van der Waals surface area contributed by atoms with Crippen LogP contribution in [-0.2, 0) is 0 Å². The van der Waals surface area contributed by atoms with E-state index in [0.29, 0.717) is 11.7 Å². The second-order valence-corrected chi connectivity index (χ2v) is 6.32. The van der Waals surface area contributed by atoms with Crippen LogP contribution in [0.1, 0.15) is 32.1 Å². The van der Waals surface area contributed by atoms with Gasteiger partial charge in [-0.15, -0.1) is 0 Å². The lowest BCUT2D eigenvalue weighted by atomic mass is 9.64. The maximum absolute atomic E-state index is 14.2. The van der Waals surface area contributed by atoms with Gasteiger partial charge in [-0.25, -0.2) is 9.37 Å². The SMILES string of the molecule is Fc1cc(NC2CCC2C2CCC2)ccc1-n1ccnc1. The molecule has 1 aromatic heterocycles. The first-order valence-corrected chi connectivity index (χ1v) is 7.86. The maximum Gasteiger partial charge on any atom is 0.149 e. The molecule has 2 saturated carbocycles. The number of anilines is 1. The number of imidazole rings is 1. The average Bonchev–Trinajstić information content (AvgIpc) is 2.92. The van der Waals surface area contributed by atoms with Gasteiger partial charge in [-0.1, -0.05) is 19.3 Å². The van der Waals surface area contributed by atoms with Gasteiger partial charge in [0.05, 0.1) is 12.0 Å². The first-order valence-electron chi connectivity index (χ1n) is 7.86. The molecule has 1 N–H and O–H groups in total. The van der Waals surface area contributed by atoms with Crippen LogP contribution in [0.3, 0.4) is 0 Å². The fourth-order valence-electron chi connectivity index (χ4n) is 3.56. The molecule has 0 amide bonds. The van der Waals surface area contributed by atoms with E-state index >= 15 is 0 Å². The lowest BCUT2D eigenvalue weighted by molar-refractivity contribution is 0.113. The summed E-state index contributed by atoms with van der Waals surface area (Å²) in [5, 5.41) is 3.53. The molecule has 2 atom stereocenters. The third-order valence-corrected chi connectivity index (χ3v) is 5.17. The van der Waals surface area contributed by atoms with Crippen molar-refractivity contribution in [3.63, 3.8) is 0 Å². The third-order valence-electron chi connectivity index (χ3n) is 5.17. The van der Waals surface area contributed by atoms with Crippen LogP contribution in [0, 0.1) is 17.7 Å². The number of hydrogen-bond acceptors (Lipinski definition) is 2. The summed E-state index contributed by atoms with van der Waals surface area (Å²) in [6.45, 7) is 0. The van der Waals surface area contributed by atoms with E-state index < -0.39 is 0 Å². The number of halogens is 1. The highest BCUT2D eigenvalue weighted by Crippen LogP contribution is 2.45. The van der Waals surface area contributed by atoms with E-state index in [1.54, 1.807) is 29.4 Å².